The lowest BCUT2D eigenvalue weighted by Crippen LogP contribution is -2.43. The van der Waals surface area contributed by atoms with E-state index in [1.807, 2.05) is 0 Å². The molecule has 4 rings (SSSR count). The molecule has 1 atom stereocenters. The molecule has 2 aromatic rings. The third-order valence-electron chi connectivity index (χ3n) is 4.22. The predicted molar refractivity (Wildman–Crippen MR) is 81.9 cm³/mol. The molecule has 3 heteroatoms. The van der Waals surface area contributed by atoms with E-state index >= 15 is 0 Å². The minimum absolute atomic E-state index is 0.0196. The largest absolute Gasteiger partial charge is 0.467 e. The standard InChI is InChI=1S/C17H18N2O/c1-12-17(19-10-4-5-11-19)20-15-9-8-13-6-2-3-7-14(13)16(15)18-12/h2-3,6-9,17H,4-5,10-11H2,1H3. The summed E-state index contributed by atoms with van der Waals surface area (Å²) in [6.45, 7) is 4.30. The topological polar surface area (TPSA) is 24.8 Å². The maximum absolute atomic E-state index is 6.23. The first kappa shape index (κ1) is 11.9. The third kappa shape index (κ3) is 1.81. The number of aliphatic imine (C=N–C) groups is 1. The molecule has 0 N–H and O–H groups in total. The van der Waals surface area contributed by atoms with E-state index in [4.69, 9.17) is 9.73 Å². The van der Waals surface area contributed by atoms with Gasteiger partial charge >= 0.3 is 0 Å². The maximum Gasteiger partial charge on any atom is 0.191 e. The second-order valence-electron chi connectivity index (χ2n) is 5.60. The van der Waals surface area contributed by atoms with Crippen LogP contribution in [0.15, 0.2) is 41.4 Å². The molecule has 1 unspecified atom stereocenters. The SMILES string of the molecule is CC1=Nc2c(ccc3ccccc23)OC1N1CCCC1. The van der Waals surface area contributed by atoms with Crippen molar-refractivity contribution in [2.75, 3.05) is 13.1 Å². The van der Waals surface area contributed by atoms with E-state index in [9.17, 15) is 0 Å². The molecule has 1 fully saturated rings. The number of rotatable bonds is 1. The zero-order chi connectivity index (χ0) is 13.5. The second-order valence-corrected chi connectivity index (χ2v) is 5.60. The molecule has 102 valence electrons. The van der Waals surface area contributed by atoms with E-state index in [-0.39, 0.29) is 6.23 Å². The van der Waals surface area contributed by atoms with Crippen molar-refractivity contribution in [2.45, 2.75) is 26.0 Å². The van der Waals surface area contributed by atoms with Gasteiger partial charge in [-0.05, 0) is 31.2 Å². The molecule has 0 aliphatic carbocycles. The number of likely N-dealkylation sites (tertiary alicyclic amines) is 1. The number of hydrogen-bond acceptors (Lipinski definition) is 3. The van der Waals surface area contributed by atoms with E-state index in [0.29, 0.717) is 0 Å². The molecule has 2 heterocycles. The van der Waals surface area contributed by atoms with Crippen molar-refractivity contribution in [3.05, 3.63) is 36.4 Å². The van der Waals surface area contributed by atoms with E-state index in [0.717, 1.165) is 30.2 Å². The van der Waals surface area contributed by atoms with Crippen LogP contribution in [-0.4, -0.2) is 29.9 Å². The zero-order valence-electron chi connectivity index (χ0n) is 11.7. The Kier molecular flexibility index (Phi) is 2.74. The number of ether oxygens (including phenoxy) is 1. The van der Waals surface area contributed by atoms with Crippen LogP contribution in [0.2, 0.25) is 0 Å². The van der Waals surface area contributed by atoms with Gasteiger partial charge in [0, 0.05) is 18.5 Å². The highest BCUT2D eigenvalue weighted by Crippen LogP contribution is 2.39. The molecule has 0 radical (unpaired) electrons. The summed E-state index contributed by atoms with van der Waals surface area (Å²) in [6, 6.07) is 12.5. The fourth-order valence-electron chi connectivity index (χ4n) is 3.20. The molecule has 2 aliphatic rings. The summed E-state index contributed by atoms with van der Waals surface area (Å²) < 4.78 is 6.23. The average Bonchev–Trinajstić information content (AvgIpc) is 3.00. The molecule has 0 spiro atoms. The Morgan fingerprint density at radius 1 is 1.10 bits per heavy atom. The highest BCUT2D eigenvalue weighted by atomic mass is 16.5. The van der Waals surface area contributed by atoms with Gasteiger partial charge in [0.1, 0.15) is 11.4 Å². The Morgan fingerprint density at radius 3 is 2.75 bits per heavy atom. The Bertz CT molecular complexity index is 686. The molecule has 20 heavy (non-hydrogen) atoms. The van der Waals surface area contributed by atoms with Crippen molar-refractivity contribution in [3.8, 4) is 5.75 Å². The lowest BCUT2D eigenvalue weighted by atomic mass is 10.1. The van der Waals surface area contributed by atoms with Crippen molar-refractivity contribution >= 4 is 22.2 Å². The van der Waals surface area contributed by atoms with Crippen LogP contribution in [-0.2, 0) is 0 Å². The molecule has 2 aliphatic heterocycles. The molecule has 2 aromatic carbocycles. The fraction of sp³-hybridized carbons (Fsp3) is 0.353. The molecule has 0 bridgehead atoms. The van der Waals surface area contributed by atoms with E-state index in [2.05, 4.69) is 48.2 Å². The fourth-order valence-corrected chi connectivity index (χ4v) is 3.20. The van der Waals surface area contributed by atoms with Crippen LogP contribution < -0.4 is 4.74 Å². The van der Waals surface area contributed by atoms with E-state index in [1.165, 1.54) is 23.6 Å². The average molecular weight is 266 g/mol. The molecular weight excluding hydrogens is 248 g/mol. The first-order valence-electron chi connectivity index (χ1n) is 7.30. The van der Waals surface area contributed by atoms with Crippen LogP contribution in [0.25, 0.3) is 10.8 Å². The number of nitrogens with zero attached hydrogens (tertiary/aromatic N) is 2. The highest BCUT2D eigenvalue weighted by molar-refractivity contribution is 6.01. The van der Waals surface area contributed by atoms with Crippen LogP contribution >= 0.6 is 0 Å². The monoisotopic (exact) mass is 266 g/mol. The highest BCUT2D eigenvalue weighted by Gasteiger charge is 2.29. The Morgan fingerprint density at radius 2 is 1.90 bits per heavy atom. The molecule has 3 nitrogen and oxygen atoms in total. The summed E-state index contributed by atoms with van der Waals surface area (Å²) in [5.74, 6) is 0.909. The summed E-state index contributed by atoms with van der Waals surface area (Å²) in [5, 5.41) is 2.38. The minimum Gasteiger partial charge on any atom is -0.467 e. The van der Waals surface area contributed by atoms with E-state index < -0.39 is 0 Å². The Hall–Kier alpha value is -1.87. The first-order chi connectivity index (χ1) is 9.83. The minimum atomic E-state index is 0.0196. The molecule has 0 saturated carbocycles. The van der Waals surface area contributed by atoms with Gasteiger partial charge in [-0.15, -0.1) is 0 Å². The van der Waals surface area contributed by atoms with Crippen LogP contribution in [0, 0.1) is 0 Å². The van der Waals surface area contributed by atoms with Crippen molar-refractivity contribution in [3.63, 3.8) is 0 Å². The van der Waals surface area contributed by atoms with Gasteiger partial charge in [-0.25, -0.2) is 4.99 Å². The van der Waals surface area contributed by atoms with Crippen LogP contribution in [0.1, 0.15) is 19.8 Å². The smallest absolute Gasteiger partial charge is 0.191 e. The summed E-state index contributed by atoms with van der Waals surface area (Å²) >= 11 is 0. The van der Waals surface area contributed by atoms with Gasteiger partial charge in [0.05, 0.1) is 5.71 Å². The maximum atomic E-state index is 6.23. The van der Waals surface area contributed by atoms with Crippen LogP contribution in [0.3, 0.4) is 0 Å². The summed E-state index contributed by atoms with van der Waals surface area (Å²) in [7, 11) is 0. The van der Waals surface area contributed by atoms with Gasteiger partial charge < -0.3 is 4.74 Å². The first-order valence-corrected chi connectivity index (χ1v) is 7.30. The normalized spacial score (nSPS) is 22.4. The number of benzene rings is 2. The molecule has 1 saturated heterocycles. The lowest BCUT2D eigenvalue weighted by Gasteiger charge is -2.31. The molecular formula is C17H18N2O. The van der Waals surface area contributed by atoms with Crippen LogP contribution in [0.5, 0.6) is 5.75 Å². The lowest BCUT2D eigenvalue weighted by molar-refractivity contribution is 0.0969. The van der Waals surface area contributed by atoms with Gasteiger partial charge in [-0.1, -0.05) is 30.3 Å². The zero-order valence-corrected chi connectivity index (χ0v) is 11.7. The van der Waals surface area contributed by atoms with Gasteiger partial charge in [0.15, 0.2) is 6.23 Å². The van der Waals surface area contributed by atoms with Crippen molar-refractivity contribution in [1.29, 1.82) is 0 Å². The van der Waals surface area contributed by atoms with Crippen LogP contribution in [0.4, 0.5) is 5.69 Å². The number of hydrogen-bond donors (Lipinski definition) is 0. The van der Waals surface area contributed by atoms with Gasteiger partial charge in [0.25, 0.3) is 0 Å². The van der Waals surface area contributed by atoms with Crippen molar-refractivity contribution in [2.24, 2.45) is 4.99 Å². The summed E-state index contributed by atoms with van der Waals surface area (Å²) in [4.78, 5) is 7.24. The van der Waals surface area contributed by atoms with Crippen molar-refractivity contribution < 1.29 is 4.74 Å². The van der Waals surface area contributed by atoms with Gasteiger partial charge in [0.2, 0.25) is 0 Å². The van der Waals surface area contributed by atoms with Gasteiger partial charge in [-0.3, -0.25) is 4.90 Å². The Balaban J connectivity index is 1.80. The second kappa shape index (κ2) is 4.60. The summed E-state index contributed by atoms with van der Waals surface area (Å²) in [5.41, 5.74) is 2.05. The predicted octanol–water partition coefficient (Wildman–Crippen LogP) is 3.75. The molecule has 0 aromatic heterocycles. The molecule has 0 amide bonds. The van der Waals surface area contributed by atoms with Gasteiger partial charge in [-0.2, -0.15) is 0 Å². The quantitative estimate of drug-likeness (QED) is 0.785. The summed E-state index contributed by atoms with van der Waals surface area (Å²) in [6.07, 6.45) is 2.54. The third-order valence-corrected chi connectivity index (χ3v) is 4.22. The number of fused-ring (bicyclic) bond motifs is 3. The van der Waals surface area contributed by atoms with E-state index in [1.54, 1.807) is 0 Å². The Labute approximate surface area is 118 Å². The van der Waals surface area contributed by atoms with Crippen molar-refractivity contribution in [1.82, 2.24) is 4.90 Å².